The van der Waals surface area contributed by atoms with Gasteiger partial charge in [-0.25, -0.2) is 14.2 Å². The van der Waals surface area contributed by atoms with Gasteiger partial charge in [-0.2, -0.15) is 4.98 Å². The van der Waals surface area contributed by atoms with Crippen LogP contribution in [0.5, 0.6) is 17.2 Å². The standard InChI is InChI=1S/C32H35FN4O5/c1-19-35-29(37-42-19)28-27(33)17-26(18-34-28)40-24-13-9-21(10-14-24)32(5,6)20-7-11-23(12-8-20)39-25-15-22(16-25)36-30(38)41-31(2,3)4/h7-14,17-18,22,25H,15-16H2,1-6H3,(H,36,38)/t22-,25-. The number of rotatable bonds is 8. The van der Waals surface area contributed by atoms with Crippen molar-refractivity contribution in [3.05, 3.63) is 83.6 Å². The van der Waals surface area contributed by atoms with Crippen molar-refractivity contribution >= 4 is 6.09 Å². The van der Waals surface area contributed by atoms with Crippen molar-refractivity contribution in [1.29, 1.82) is 0 Å². The maximum absolute atomic E-state index is 14.6. The van der Waals surface area contributed by atoms with E-state index in [1.54, 1.807) is 6.92 Å². The number of aryl methyl sites for hydroxylation is 1. The van der Waals surface area contributed by atoms with Crippen LogP contribution in [0.1, 0.15) is 64.5 Å². The maximum Gasteiger partial charge on any atom is 0.407 e. The van der Waals surface area contributed by atoms with Crippen molar-refractivity contribution in [2.45, 2.75) is 77.5 Å². The van der Waals surface area contributed by atoms with E-state index in [1.807, 2.05) is 57.2 Å². The van der Waals surface area contributed by atoms with Crippen molar-refractivity contribution in [1.82, 2.24) is 20.4 Å². The summed E-state index contributed by atoms with van der Waals surface area (Å²) in [7, 11) is 0. The third-order valence-corrected chi connectivity index (χ3v) is 7.06. The van der Waals surface area contributed by atoms with Gasteiger partial charge in [0.1, 0.15) is 34.6 Å². The Balaban J connectivity index is 1.15. The summed E-state index contributed by atoms with van der Waals surface area (Å²) in [6, 6.07) is 17.1. The molecule has 0 radical (unpaired) electrons. The summed E-state index contributed by atoms with van der Waals surface area (Å²) in [5.41, 5.74) is 1.41. The summed E-state index contributed by atoms with van der Waals surface area (Å²) < 4.78 is 36.7. The summed E-state index contributed by atoms with van der Waals surface area (Å²) in [5, 5.41) is 6.60. The third-order valence-electron chi connectivity index (χ3n) is 7.06. The highest BCUT2D eigenvalue weighted by Crippen LogP contribution is 2.35. The van der Waals surface area contributed by atoms with Crippen molar-refractivity contribution in [3.8, 4) is 28.8 Å². The van der Waals surface area contributed by atoms with E-state index >= 15 is 0 Å². The highest BCUT2D eigenvalue weighted by atomic mass is 19.1. The lowest BCUT2D eigenvalue weighted by Crippen LogP contribution is -2.50. The van der Waals surface area contributed by atoms with E-state index in [9.17, 15) is 9.18 Å². The number of pyridine rings is 1. The Hall–Kier alpha value is -4.47. The van der Waals surface area contributed by atoms with Crippen molar-refractivity contribution in [2.24, 2.45) is 0 Å². The minimum Gasteiger partial charge on any atom is -0.490 e. The Kier molecular flexibility index (Phi) is 7.90. The lowest BCUT2D eigenvalue weighted by atomic mass is 9.78. The second-order valence-corrected chi connectivity index (χ2v) is 12.0. The Morgan fingerprint density at radius 3 is 2.12 bits per heavy atom. The average molecular weight is 575 g/mol. The molecule has 0 spiro atoms. The van der Waals surface area contributed by atoms with Crippen LogP contribution in [0.3, 0.4) is 0 Å². The molecular formula is C32H35FN4O5. The highest BCUT2D eigenvalue weighted by molar-refractivity contribution is 5.68. The topological polar surface area (TPSA) is 109 Å². The molecule has 2 heterocycles. The molecule has 2 aromatic carbocycles. The highest BCUT2D eigenvalue weighted by Gasteiger charge is 2.33. The number of carbonyl (C=O) groups is 1. The molecule has 1 N–H and O–H groups in total. The Labute approximate surface area is 244 Å². The van der Waals surface area contributed by atoms with E-state index in [-0.39, 0.29) is 34.8 Å². The molecule has 42 heavy (non-hydrogen) atoms. The number of halogens is 1. The van der Waals surface area contributed by atoms with Crippen LogP contribution in [0, 0.1) is 12.7 Å². The molecule has 0 aliphatic heterocycles. The van der Waals surface area contributed by atoms with Crippen LogP contribution < -0.4 is 14.8 Å². The van der Waals surface area contributed by atoms with E-state index in [4.69, 9.17) is 18.7 Å². The van der Waals surface area contributed by atoms with E-state index in [0.717, 1.165) is 29.7 Å². The molecule has 0 bridgehead atoms. The van der Waals surface area contributed by atoms with Gasteiger partial charge in [0.05, 0.1) is 6.20 Å². The Morgan fingerprint density at radius 1 is 0.952 bits per heavy atom. The van der Waals surface area contributed by atoms with Crippen LogP contribution in [-0.2, 0) is 10.2 Å². The zero-order valence-corrected chi connectivity index (χ0v) is 24.6. The first kappa shape index (κ1) is 29.0. The number of hydrogen-bond donors (Lipinski definition) is 1. The van der Waals surface area contributed by atoms with Gasteiger partial charge < -0.3 is 24.1 Å². The number of nitrogens with one attached hydrogen (secondary N) is 1. The predicted octanol–water partition coefficient (Wildman–Crippen LogP) is 7.13. The smallest absolute Gasteiger partial charge is 0.407 e. The quantitative estimate of drug-likeness (QED) is 0.237. The van der Waals surface area contributed by atoms with Crippen molar-refractivity contribution in [2.75, 3.05) is 0 Å². The molecule has 4 aromatic rings. The second kappa shape index (κ2) is 11.4. The summed E-state index contributed by atoms with van der Waals surface area (Å²) in [4.78, 5) is 20.1. The molecule has 9 nitrogen and oxygen atoms in total. The molecule has 1 fully saturated rings. The molecule has 10 heteroatoms. The van der Waals surface area contributed by atoms with Crippen LogP contribution in [-0.4, -0.2) is 39.0 Å². The molecule has 5 rings (SSSR count). The number of alkyl carbamates (subject to hydrolysis) is 1. The minimum atomic E-state index is -0.604. The fourth-order valence-electron chi connectivity index (χ4n) is 4.68. The van der Waals surface area contributed by atoms with Gasteiger partial charge in [0, 0.05) is 37.3 Å². The first-order chi connectivity index (χ1) is 19.9. The first-order valence-corrected chi connectivity index (χ1v) is 13.9. The lowest BCUT2D eigenvalue weighted by Gasteiger charge is -2.36. The van der Waals surface area contributed by atoms with E-state index < -0.39 is 17.5 Å². The van der Waals surface area contributed by atoms with Crippen LogP contribution in [0.4, 0.5) is 9.18 Å². The second-order valence-electron chi connectivity index (χ2n) is 12.0. The van der Waals surface area contributed by atoms with Crippen molar-refractivity contribution in [3.63, 3.8) is 0 Å². The van der Waals surface area contributed by atoms with Gasteiger partial charge >= 0.3 is 6.09 Å². The zero-order valence-electron chi connectivity index (χ0n) is 24.6. The largest absolute Gasteiger partial charge is 0.490 e. The Morgan fingerprint density at radius 2 is 1.57 bits per heavy atom. The van der Waals surface area contributed by atoms with Gasteiger partial charge in [-0.15, -0.1) is 0 Å². The maximum atomic E-state index is 14.6. The minimum absolute atomic E-state index is 0.000183. The predicted molar refractivity (Wildman–Crippen MR) is 154 cm³/mol. The molecule has 0 unspecified atom stereocenters. The molecule has 2 aromatic heterocycles. The number of benzene rings is 2. The molecular weight excluding hydrogens is 539 g/mol. The molecule has 1 aliphatic carbocycles. The van der Waals surface area contributed by atoms with Crippen LogP contribution in [0.25, 0.3) is 11.5 Å². The molecule has 1 aliphatic rings. The van der Waals surface area contributed by atoms with E-state index in [2.05, 4.69) is 46.4 Å². The SMILES string of the molecule is Cc1nc(-c2ncc(Oc3ccc(C(C)(C)c4ccc(O[C@H]5C[C@H](NC(=O)OC(C)(C)C)C5)cc4)cc3)cc2F)no1. The average Bonchev–Trinajstić information content (AvgIpc) is 3.33. The van der Waals surface area contributed by atoms with Crippen LogP contribution in [0.2, 0.25) is 0 Å². The third kappa shape index (κ3) is 6.87. The summed E-state index contributed by atoms with van der Waals surface area (Å²) >= 11 is 0. The van der Waals surface area contributed by atoms with Gasteiger partial charge in [0.2, 0.25) is 11.7 Å². The summed E-state index contributed by atoms with van der Waals surface area (Å²) in [6.07, 6.45) is 2.57. The number of hydrogen-bond acceptors (Lipinski definition) is 8. The fourth-order valence-corrected chi connectivity index (χ4v) is 4.68. The summed E-state index contributed by atoms with van der Waals surface area (Å²) in [6.45, 7) is 11.5. The van der Waals surface area contributed by atoms with Gasteiger partial charge in [-0.3, -0.25) is 0 Å². The van der Waals surface area contributed by atoms with Gasteiger partial charge in [-0.1, -0.05) is 43.3 Å². The normalized spacial score (nSPS) is 16.8. The molecule has 1 amide bonds. The van der Waals surface area contributed by atoms with Crippen LogP contribution in [0.15, 0.2) is 65.3 Å². The number of aromatic nitrogens is 3. The molecule has 1 saturated carbocycles. The molecule has 220 valence electrons. The number of nitrogens with zero attached hydrogens (tertiary/aromatic N) is 3. The van der Waals surface area contributed by atoms with Crippen LogP contribution >= 0.6 is 0 Å². The molecule has 0 saturated heterocycles. The van der Waals surface area contributed by atoms with Gasteiger partial charge in [-0.05, 0) is 56.2 Å². The van der Waals surface area contributed by atoms with Gasteiger partial charge in [0.25, 0.3) is 0 Å². The number of ether oxygens (including phenoxy) is 3. The van der Waals surface area contributed by atoms with Crippen molar-refractivity contribution < 1.29 is 27.9 Å². The number of carbonyl (C=O) groups excluding carboxylic acids is 1. The summed E-state index contributed by atoms with van der Waals surface area (Å²) in [5.74, 6) is 1.43. The van der Waals surface area contributed by atoms with E-state index in [1.165, 1.54) is 12.3 Å². The zero-order chi connectivity index (χ0) is 30.1. The lowest BCUT2D eigenvalue weighted by molar-refractivity contribution is 0.0363. The fraction of sp³-hybridized carbons (Fsp3) is 0.375. The number of amides is 1. The van der Waals surface area contributed by atoms with E-state index in [0.29, 0.717) is 11.6 Å². The monoisotopic (exact) mass is 574 g/mol. The van der Waals surface area contributed by atoms with Gasteiger partial charge in [0.15, 0.2) is 5.82 Å². The first-order valence-electron chi connectivity index (χ1n) is 13.9. The molecule has 0 atom stereocenters. The Bertz CT molecular complexity index is 1540.